The molecule has 1 heterocycles. The fourth-order valence-electron chi connectivity index (χ4n) is 2.32. The summed E-state index contributed by atoms with van der Waals surface area (Å²) in [5.41, 5.74) is 4.46. The van der Waals surface area contributed by atoms with Gasteiger partial charge < -0.3 is 5.11 Å². The number of rotatable bonds is 3. The van der Waals surface area contributed by atoms with Crippen LogP contribution in [0.25, 0.3) is 0 Å². The maximum atomic E-state index is 10.5. The van der Waals surface area contributed by atoms with E-state index in [0.29, 0.717) is 0 Å². The third-order valence-corrected chi connectivity index (χ3v) is 3.29. The first kappa shape index (κ1) is 12.8. The van der Waals surface area contributed by atoms with Crippen molar-refractivity contribution in [2.45, 2.75) is 32.8 Å². The van der Waals surface area contributed by atoms with Crippen molar-refractivity contribution >= 4 is 0 Å². The number of pyridine rings is 1. The van der Waals surface area contributed by atoms with Gasteiger partial charge >= 0.3 is 0 Å². The molecule has 0 aliphatic heterocycles. The van der Waals surface area contributed by atoms with Gasteiger partial charge in [-0.2, -0.15) is 0 Å². The van der Waals surface area contributed by atoms with Crippen molar-refractivity contribution in [1.29, 1.82) is 0 Å². The van der Waals surface area contributed by atoms with Crippen LogP contribution in [0, 0.1) is 13.8 Å². The lowest BCUT2D eigenvalue weighted by atomic mass is 9.90. The molecule has 2 atom stereocenters. The lowest BCUT2D eigenvalue weighted by Crippen LogP contribution is -2.08. The monoisotopic (exact) mass is 241 g/mol. The molecule has 18 heavy (non-hydrogen) atoms. The van der Waals surface area contributed by atoms with E-state index in [9.17, 15) is 5.11 Å². The third-order valence-electron chi connectivity index (χ3n) is 3.29. The number of aromatic nitrogens is 1. The predicted octanol–water partition coefficient (Wildman–Crippen LogP) is 3.54. The summed E-state index contributed by atoms with van der Waals surface area (Å²) in [6, 6.07) is 10.1. The molecule has 1 N–H and O–H groups in total. The molecule has 0 amide bonds. The fraction of sp³-hybridized carbons (Fsp3) is 0.312. The number of hydrogen-bond donors (Lipinski definition) is 1. The summed E-state index contributed by atoms with van der Waals surface area (Å²) in [4.78, 5) is 4.01. The van der Waals surface area contributed by atoms with Crippen LogP contribution in [0.1, 0.15) is 41.2 Å². The summed E-state index contributed by atoms with van der Waals surface area (Å²) in [6.45, 7) is 6.15. The van der Waals surface area contributed by atoms with Crippen molar-refractivity contribution in [2.75, 3.05) is 0 Å². The van der Waals surface area contributed by atoms with Gasteiger partial charge in [0.15, 0.2) is 0 Å². The van der Waals surface area contributed by atoms with Gasteiger partial charge in [-0.1, -0.05) is 36.2 Å². The number of aliphatic hydroxyl groups excluding tert-OH is 1. The van der Waals surface area contributed by atoms with E-state index in [-0.39, 0.29) is 5.92 Å². The molecular weight excluding hydrogens is 222 g/mol. The van der Waals surface area contributed by atoms with Crippen LogP contribution in [0.2, 0.25) is 0 Å². The third kappa shape index (κ3) is 2.77. The van der Waals surface area contributed by atoms with E-state index < -0.39 is 6.10 Å². The molecule has 0 bridgehead atoms. The van der Waals surface area contributed by atoms with Crippen LogP contribution < -0.4 is 0 Å². The highest BCUT2D eigenvalue weighted by Crippen LogP contribution is 2.30. The number of aliphatic hydroxyl groups is 1. The highest BCUT2D eigenvalue weighted by Gasteiger charge is 2.18. The van der Waals surface area contributed by atoms with Gasteiger partial charge in [0.05, 0.1) is 6.10 Å². The molecule has 0 saturated carbocycles. The molecule has 0 spiro atoms. The number of nitrogens with zero attached hydrogens (tertiary/aromatic N) is 1. The highest BCUT2D eigenvalue weighted by molar-refractivity contribution is 5.32. The van der Waals surface area contributed by atoms with E-state index in [1.54, 1.807) is 12.4 Å². The summed E-state index contributed by atoms with van der Waals surface area (Å²) < 4.78 is 0. The first-order valence-electron chi connectivity index (χ1n) is 6.24. The molecule has 0 radical (unpaired) electrons. The average molecular weight is 241 g/mol. The topological polar surface area (TPSA) is 33.1 Å². The van der Waals surface area contributed by atoms with E-state index in [2.05, 4.69) is 37.0 Å². The van der Waals surface area contributed by atoms with Crippen molar-refractivity contribution in [1.82, 2.24) is 4.98 Å². The van der Waals surface area contributed by atoms with E-state index in [1.807, 2.05) is 19.1 Å². The van der Waals surface area contributed by atoms with E-state index in [4.69, 9.17) is 0 Å². The molecule has 0 aliphatic carbocycles. The smallest absolute Gasteiger partial charge is 0.0856 e. The second-order valence-electron chi connectivity index (χ2n) is 4.94. The van der Waals surface area contributed by atoms with Crippen molar-refractivity contribution in [3.8, 4) is 0 Å². The van der Waals surface area contributed by atoms with Crippen molar-refractivity contribution < 1.29 is 5.11 Å². The number of benzene rings is 1. The summed E-state index contributed by atoms with van der Waals surface area (Å²) in [6.07, 6.45) is 3.05. The molecule has 1 aromatic carbocycles. The highest BCUT2D eigenvalue weighted by atomic mass is 16.3. The first-order chi connectivity index (χ1) is 8.58. The Labute approximate surface area is 108 Å². The summed E-state index contributed by atoms with van der Waals surface area (Å²) in [7, 11) is 0. The summed E-state index contributed by atoms with van der Waals surface area (Å²) in [5, 5.41) is 10.5. The van der Waals surface area contributed by atoms with Crippen LogP contribution in [0.5, 0.6) is 0 Å². The Hall–Kier alpha value is -1.67. The Morgan fingerprint density at radius 3 is 2.06 bits per heavy atom. The molecule has 0 saturated heterocycles. The van der Waals surface area contributed by atoms with Crippen molar-refractivity contribution in [3.63, 3.8) is 0 Å². The van der Waals surface area contributed by atoms with Crippen LogP contribution in [0.15, 0.2) is 42.7 Å². The van der Waals surface area contributed by atoms with Gasteiger partial charge in [0, 0.05) is 18.3 Å². The molecule has 2 aromatic rings. The molecule has 0 aliphatic rings. The molecule has 94 valence electrons. The maximum Gasteiger partial charge on any atom is 0.0856 e. The molecule has 0 fully saturated rings. The zero-order valence-electron chi connectivity index (χ0n) is 11.1. The second-order valence-corrected chi connectivity index (χ2v) is 4.94. The normalized spacial score (nSPS) is 14.2. The Morgan fingerprint density at radius 2 is 1.50 bits per heavy atom. The predicted molar refractivity (Wildman–Crippen MR) is 73.5 cm³/mol. The second kappa shape index (κ2) is 5.32. The Kier molecular flexibility index (Phi) is 3.78. The summed E-state index contributed by atoms with van der Waals surface area (Å²) in [5.74, 6) is 0.0641. The van der Waals surface area contributed by atoms with Crippen LogP contribution in [-0.2, 0) is 0 Å². The molecule has 2 unspecified atom stereocenters. The first-order valence-corrected chi connectivity index (χ1v) is 6.24. The fourth-order valence-corrected chi connectivity index (χ4v) is 2.32. The van der Waals surface area contributed by atoms with E-state index in [0.717, 1.165) is 11.1 Å². The standard InChI is InChI=1S/C16H19NO/c1-11-8-12(2)10-15(9-11)16(18)13(3)14-4-6-17-7-5-14/h4-10,13,16,18H,1-3H3. The molecule has 2 rings (SSSR count). The summed E-state index contributed by atoms with van der Waals surface area (Å²) >= 11 is 0. The van der Waals surface area contributed by atoms with Crippen LogP contribution in [0.4, 0.5) is 0 Å². The zero-order valence-corrected chi connectivity index (χ0v) is 11.1. The lowest BCUT2D eigenvalue weighted by Gasteiger charge is -2.20. The van der Waals surface area contributed by atoms with Crippen molar-refractivity contribution in [2.24, 2.45) is 0 Å². The largest absolute Gasteiger partial charge is 0.388 e. The van der Waals surface area contributed by atoms with Gasteiger partial charge in [0.1, 0.15) is 0 Å². The maximum absolute atomic E-state index is 10.5. The van der Waals surface area contributed by atoms with Crippen molar-refractivity contribution in [3.05, 3.63) is 65.0 Å². The lowest BCUT2D eigenvalue weighted by molar-refractivity contribution is 0.151. The van der Waals surface area contributed by atoms with Crippen LogP contribution in [0.3, 0.4) is 0 Å². The molecular formula is C16H19NO. The average Bonchev–Trinajstić information content (AvgIpc) is 2.37. The minimum Gasteiger partial charge on any atom is -0.388 e. The van der Waals surface area contributed by atoms with E-state index >= 15 is 0 Å². The zero-order chi connectivity index (χ0) is 13.1. The van der Waals surface area contributed by atoms with Crippen LogP contribution >= 0.6 is 0 Å². The molecule has 2 nitrogen and oxygen atoms in total. The van der Waals surface area contributed by atoms with Gasteiger partial charge in [-0.15, -0.1) is 0 Å². The quantitative estimate of drug-likeness (QED) is 0.891. The minimum atomic E-state index is -0.481. The van der Waals surface area contributed by atoms with Crippen LogP contribution in [-0.4, -0.2) is 10.1 Å². The van der Waals surface area contributed by atoms with Gasteiger partial charge in [-0.3, -0.25) is 4.98 Å². The number of hydrogen-bond acceptors (Lipinski definition) is 2. The van der Waals surface area contributed by atoms with Gasteiger partial charge in [-0.05, 0) is 37.1 Å². The molecule has 1 aromatic heterocycles. The Morgan fingerprint density at radius 1 is 0.944 bits per heavy atom. The minimum absolute atomic E-state index is 0.0641. The number of aryl methyl sites for hydroxylation is 2. The Bertz CT molecular complexity index is 502. The van der Waals surface area contributed by atoms with Gasteiger partial charge in [-0.25, -0.2) is 0 Å². The SMILES string of the molecule is Cc1cc(C)cc(C(O)C(C)c2ccncc2)c1. The van der Waals surface area contributed by atoms with Gasteiger partial charge in [0.2, 0.25) is 0 Å². The Balaban J connectivity index is 2.28. The van der Waals surface area contributed by atoms with E-state index in [1.165, 1.54) is 11.1 Å². The van der Waals surface area contributed by atoms with Gasteiger partial charge in [0.25, 0.3) is 0 Å². The molecule has 2 heteroatoms.